The first-order chi connectivity index (χ1) is 12.0. The van der Waals surface area contributed by atoms with Crippen LogP contribution in [0.25, 0.3) is 6.08 Å². The van der Waals surface area contributed by atoms with E-state index in [0.717, 1.165) is 24.8 Å². The highest BCUT2D eigenvalue weighted by molar-refractivity contribution is 5.90. The van der Waals surface area contributed by atoms with Crippen LogP contribution >= 0.6 is 0 Å². The Morgan fingerprint density at radius 2 is 2.04 bits per heavy atom. The molecule has 0 aliphatic heterocycles. The van der Waals surface area contributed by atoms with E-state index in [4.69, 9.17) is 9.47 Å². The van der Waals surface area contributed by atoms with Gasteiger partial charge in [0.15, 0.2) is 6.10 Å². The van der Waals surface area contributed by atoms with Gasteiger partial charge in [0.1, 0.15) is 5.75 Å². The van der Waals surface area contributed by atoms with Gasteiger partial charge in [0.25, 0.3) is 5.91 Å². The Bertz CT molecular complexity index is 626. The molecule has 1 aliphatic rings. The minimum atomic E-state index is -0.809. The predicted octanol–water partition coefficient (Wildman–Crippen LogP) is 3.34. The summed E-state index contributed by atoms with van der Waals surface area (Å²) < 4.78 is 10.3. The Morgan fingerprint density at radius 1 is 1.28 bits per heavy atom. The number of esters is 1. The van der Waals surface area contributed by atoms with Gasteiger partial charge < -0.3 is 14.8 Å². The molecular formula is C20H27NO4. The normalized spacial score (nSPS) is 21.6. The molecule has 5 nitrogen and oxygen atoms in total. The lowest BCUT2D eigenvalue weighted by atomic mass is 9.86. The summed E-state index contributed by atoms with van der Waals surface area (Å²) in [6.45, 7) is 3.75. The van der Waals surface area contributed by atoms with Crippen molar-refractivity contribution in [2.45, 2.75) is 51.7 Å². The molecular weight excluding hydrogens is 318 g/mol. The van der Waals surface area contributed by atoms with Gasteiger partial charge in [0.2, 0.25) is 0 Å². The highest BCUT2D eigenvalue weighted by Crippen LogP contribution is 2.23. The van der Waals surface area contributed by atoms with E-state index in [0.29, 0.717) is 11.7 Å². The number of carbonyl (C=O) groups excluding carboxylic acids is 2. The molecule has 0 radical (unpaired) electrons. The van der Waals surface area contributed by atoms with Crippen molar-refractivity contribution in [3.8, 4) is 5.75 Å². The number of hydrogen-bond donors (Lipinski definition) is 1. The van der Waals surface area contributed by atoms with E-state index >= 15 is 0 Å². The second kappa shape index (κ2) is 9.25. The monoisotopic (exact) mass is 345 g/mol. The number of amides is 1. The van der Waals surface area contributed by atoms with Crippen molar-refractivity contribution >= 4 is 18.0 Å². The smallest absolute Gasteiger partial charge is 0.331 e. The van der Waals surface area contributed by atoms with Crippen LogP contribution in [0.1, 0.15) is 45.1 Å². The van der Waals surface area contributed by atoms with E-state index in [1.165, 1.54) is 12.5 Å². The van der Waals surface area contributed by atoms with E-state index in [1.807, 2.05) is 24.3 Å². The Labute approximate surface area is 149 Å². The summed E-state index contributed by atoms with van der Waals surface area (Å²) in [4.78, 5) is 24.1. The molecule has 3 atom stereocenters. The van der Waals surface area contributed by atoms with Crippen molar-refractivity contribution in [3.05, 3.63) is 35.9 Å². The molecule has 5 heteroatoms. The molecule has 1 amide bonds. The minimum Gasteiger partial charge on any atom is -0.497 e. The van der Waals surface area contributed by atoms with Crippen molar-refractivity contribution in [3.63, 3.8) is 0 Å². The molecule has 0 aromatic heterocycles. The van der Waals surface area contributed by atoms with Gasteiger partial charge in [-0.15, -0.1) is 0 Å². The maximum absolute atomic E-state index is 12.2. The van der Waals surface area contributed by atoms with Crippen molar-refractivity contribution < 1.29 is 19.1 Å². The van der Waals surface area contributed by atoms with E-state index in [1.54, 1.807) is 20.1 Å². The maximum atomic E-state index is 12.2. The Hall–Kier alpha value is -2.30. The number of carbonyl (C=O) groups is 2. The molecule has 1 saturated carbocycles. The zero-order valence-corrected chi connectivity index (χ0v) is 15.2. The van der Waals surface area contributed by atoms with E-state index < -0.39 is 12.1 Å². The first-order valence-corrected chi connectivity index (χ1v) is 8.82. The molecule has 0 bridgehead atoms. The molecule has 136 valence electrons. The lowest BCUT2D eigenvalue weighted by Crippen LogP contribution is -2.45. The molecule has 0 heterocycles. The van der Waals surface area contributed by atoms with Crippen molar-refractivity contribution in [2.24, 2.45) is 5.92 Å². The van der Waals surface area contributed by atoms with Gasteiger partial charge in [-0.1, -0.05) is 31.9 Å². The molecule has 0 saturated heterocycles. The lowest BCUT2D eigenvalue weighted by molar-refractivity contribution is -0.150. The summed E-state index contributed by atoms with van der Waals surface area (Å²) >= 11 is 0. The third kappa shape index (κ3) is 5.93. The molecule has 0 spiro atoms. The van der Waals surface area contributed by atoms with Gasteiger partial charge in [-0.25, -0.2) is 4.79 Å². The summed E-state index contributed by atoms with van der Waals surface area (Å²) in [6.07, 6.45) is 6.61. The van der Waals surface area contributed by atoms with Gasteiger partial charge in [-0.05, 0) is 49.5 Å². The van der Waals surface area contributed by atoms with Crippen LogP contribution in [-0.2, 0) is 14.3 Å². The second-order valence-electron chi connectivity index (χ2n) is 6.57. The van der Waals surface area contributed by atoms with Crippen molar-refractivity contribution in [1.29, 1.82) is 0 Å². The standard InChI is InChI=1S/C20H27NO4/c1-14-7-4-5-10-18(14)21-20(23)15(2)25-19(22)12-11-16-8-6-9-17(13-16)24-3/h6,8-9,11-15,18H,4-5,7,10H2,1-3H3,(H,21,23)/b12-11+/t14-,15-,18-/m1/s1. The average molecular weight is 345 g/mol. The van der Waals surface area contributed by atoms with Gasteiger partial charge in [-0.2, -0.15) is 0 Å². The molecule has 2 rings (SSSR count). The van der Waals surface area contributed by atoms with E-state index in [2.05, 4.69) is 12.2 Å². The lowest BCUT2D eigenvalue weighted by Gasteiger charge is -2.30. The van der Waals surface area contributed by atoms with Crippen molar-refractivity contribution in [1.82, 2.24) is 5.32 Å². The van der Waals surface area contributed by atoms with Crippen LogP contribution in [0.4, 0.5) is 0 Å². The number of ether oxygens (including phenoxy) is 2. The molecule has 0 unspecified atom stereocenters. The minimum absolute atomic E-state index is 0.176. The van der Waals surface area contributed by atoms with Crippen LogP contribution in [0, 0.1) is 5.92 Å². The molecule has 1 N–H and O–H groups in total. The fourth-order valence-corrected chi connectivity index (χ4v) is 3.01. The van der Waals surface area contributed by atoms with Crippen LogP contribution in [0.15, 0.2) is 30.3 Å². The maximum Gasteiger partial charge on any atom is 0.331 e. The Morgan fingerprint density at radius 3 is 2.76 bits per heavy atom. The van der Waals surface area contributed by atoms with Crippen molar-refractivity contribution in [2.75, 3.05) is 7.11 Å². The highest BCUT2D eigenvalue weighted by Gasteiger charge is 2.25. The summed E-state index contributed by atoms with van der Waals surface area (Å²) in [5.41, 5.74) is 0.824. The van der Waals surface area contributed by atoms with Gasteiger partial charge in [-0.3, -0.25) is 4.79 Å². The quantitative estimate of drug-likeness (QED) is 0.634. The molecule has 1 aliphatic carbocycles. The van der Waals surface area contributed by atoms with Crippen LogP contribution in [0.2, 0.25) is 0 Å². The summed E-state index contributed by atoms with van der Waals surface area (Å²) in [7, 11) is 1.59. The summed E-state index contributed by atoms with van der Waals surface area (Å²) in [5.74, 6) is 0.405. The third-order valence-corrected chi connectivity index (χ3v) is 4.61. The predicted molar refractivity (Wildman–Crippen MR) is 97.1 cm³/mol. The zero-order valence-electron chi connectivity index (χ0n) is 15.2. The van der Waals surface area contributed by atoms with Crippen LogP contribution in [0.3, 0.4) is 0 Å². The molecule has 1 aromatic rings. The highest BCUT2D eigenvalue weighted by atomic mass is 16.5. The van der Waals surface area contributed by atoms with Gasteiger partial charge >= 0.3 is 5.97 Å². The zero-order chi connectivity index (χ0) is 18.2. The van der Waals surface area contributed by atoms with Crippen LogP contribution in [0.5, 0.6) is 5.75 Å². The summed E-state index contributed by atoms with van der Waals surface area (Å²) in [6, 6.07) is 7.51. The van der Waals surface area contributed by atoms with Crippen LogP contribution in [-0.4, -0.2) is 31.1 Å². The summed E-state index contributed by atoms with van der Waals surface area (Å²) in [5, 5.41) is 3.01. The SMILES string of the molecule is COc1cccc(/C=C/C(=O)O[C@H](C)C(=O)N[C@@H]2CCCC[C@H]2C)c1. The molecule has 25 heavy (non-hydrogen) atoms. The van der Waals surface area contributed by atoms with Gasteiger partial charge in [0, 0.05) is 12.1 Å². The topological polar surface area (TPSA) is 64.6 Å². The van der Waals surface area contributed by atoms with Gasteiger partial charge in [0.05, 0.1) is 7.11 Å². The average Bonchev–Trinajstić information content (AvgIpc) is 2.62. The second-order valence-corrected chi connectivity index (χ2v) is 6.57. The third-order valence-electron chi connectivity index (χ3n) is 4.61. The molecule has 1 fully saturated rings. The van der Waals surface area contributed by atoms with Crippen LogP contribution < -0.4 is 10.1 Å². The first kappa shape index (κ1) is 19.0. The number of benzene rings is 1. The fraction of sp³-hybridized carbons (Fsp3) is 0.500. The number of methoxy groups -OCH3 is 1. The Balaban J connectivity index is 1.84. The molecule has 1 aromatic carbocycles. The number of rotatable bonds is 6. The first-order valence-electron chi connectivity index (χ1n) is 8.82. The largest absolute Gasteiger partial charge is 0.497 e. The number of hydrogen-bond acceptors (Lipinski definition) is 4. The van der Waals surface area contributed by atoms with E-state index in [9.17, 15) is 9.59 Å². The number of nitrogens with one attached hydrogen (secondary N) is 1. The Kier molecular flexibility index (Phi) is 7.04. The van der Waals surface area contributed by atoms with E-state index in [-0.39, 0.29) is 11.9 Å². The fourth-order valence-electron chi connectivity index (χ4n) is 3.01.